The third-order valence-electron chi connectivity index (χ3n) is 10.3. The van der Waals surface area contributed by atoms with Crippen LogP contribution in [0.5, 0.6) is 11.6 Å². The predicted molar refractivity (Wildman–Crippen MR) is 181 cm³/mol. The van der Waals surface area contributed by atoms with Gasteiger partial charge in [0.05, 0.1) is 24.7 Å². The van der Waals surface area contributed by atoms with E-state index in [9.17, 15) is 19.2 Å². The Morgan fingerprint density at radius 3 is 2.61 bits per heavy atom. The fourth-order valence-corrected chi connectivity index (χ4v) is 7.18. The van der Waals surface area contributed by atoms with Gasteiger partial charge in [0.1, 0.15) is 41.3 Å². The number of alkyl carbamates (subject to hydrolysis) is 1. The van der Waals surface area contributed by atoms with Crippen molar-refractivity contribution in [2.75, 3.05) is 20.7 Å². The average molecular weight is 677 g/mol. The highest BCUT2D eigenvalue weighted by atomic mass is 16.6. The molecule has 0 unspecified atom stereocenters. The van der Waals surface area contributed by atoms with Gasteiger partial charge in [0.2, 0.25) is 23.6 Å². The normalized spacial score (nSPS) is 30.3. The Kier molecular flexibility index (Phi) is 9.47. The minimum atomic E-state index is -1.14. The zero-order chi connectivity index (χ0) is 35.1. The number of amides is 4. The van der Waals surface area contributed by atoms with E-state index in [0.717, 1.165) is 32.1 Å². The fourth-order valence-electron chi connectivity index (χ4n) is 7.18. The van der Waals surface area contributed by atoms with E-state index >= 15 is 0 Å². The lowest BCUT2D eigenvalue weighted by Crippen LogP contribution is -2.59. The Labute approximate surface area is 286 Å². The number of nitrogens with zero attached hydrogens (tertiary/aromatic N) is 3. The minimum absolute atomic E-state index is 0.0556. The number of aryl methyl sites for hydroxylation is 1. The van der Waals surface area contributed by atoms with Crippen molar-refractivity contribution in [1.82, 2.24) is 30.8 Å². The predicted octanol–water partition coefficient (Wildman–Crippen LogP) is 3.44. The van der Waals surface area contributed by atoms with Gasteiger partial charge < -0.3 is 35.1 Å². The van der Waals surface area contributed by atoms with Crippen LogP contribution >= 0.6 is 0 Å². The van der Waals surface area contributed by atoms with Crippen LogP contribution in [-0.4, -0.2) is 89.2 Å². The molecule has 3 heterocycles. The van der Waals surface area contributed by atoms with Gasteiger partial charge in [-0.2, -0.15) is 0 Å². The molecule has 2 aliphatic carbocycles. The number of hydrogen-bond acceptors (Lipinski definition) is 9. The van der Waals surface area contributed by atoms with Crippen LogP contribution in [0, 0.1) is 17.3 Å². The molecule has 1 saturated heterocycles. The zero-order valence-corrected chi connectivity index (χ0v) is 29.0. The van der Waals surface area contributed by atoms with Gasteiger partial charge in [-0.05, 0) is 55.6 Å². The largest absolute Gasteiger partial charge is 0.497 e. The van der Waals surface area contributed by atoms with Crippen LogP contribution in [0.25, 0.3) is 11.0 Å². The summed E-state index contributed by atoms with van der Waals surface area (Å²) in [6.07, 6.45) is 5.96. The molecule has 4 amide bonds. The third-order valence-corrected chi connectivity index (χ3v) is 10.3. The Balaban J connectivity index is 1.35. The Hall–Kier alpha value is -4.42. The Morgan fingerprint density at radius 2 is 1.92 bits per heavy atom. The Bertz CT molecular complexity index is 1640. The van der Waals surface area contributed by atoms with E-state index in [4.69, 9.17) is 24.2 Å². The molecule has 13 heteroatoms. The van der Waals surface area contributed by atoms with E-state index in [1.807, 2.05) is 32.9 Å². The van der Waals surface area contributed by atoms with Crippen LogP contribution < -0.4 is 25.4 Å². The molecule has 2 aliphatic heterocycles. The molecule has 49 heavy (non-hydrogen) atoms. The van der Waals surface area contributed by atoms with Crippen molar-refractivity contribution in [2.45, 2.75) is 102 Å². The van der Waals surface area contributed by atoms with Gasteiger partial charge >= 0.3 is 6.09 Å². The van der Waals surface area contributed by atoms with E-state index < -0.39 is 47.0 Å². The molecule has 2 saturated carbocycles. The lowest BCUT2D eigenvalue weighted by molar-refractivity contribution is -0.143. The second kappa shape index (κ2) is 13.5. The van der Waals surface area contributed by atoms with Gasteiger partial charge in [-0.1, -0.05) is 39.7 Å². The third kappa shape index (κ3) is 7.16. The van der Waals surface area contributed by atoms with Crippen molar-refractivity contribution in [3.8, 4) is 11.6 Å². The van der Waals surface area contributed by atoms with Gasteiger partial charge in [0, 0.05) is 25.5 Å². The summed E-state index contributed by atoms with van der Waals surface area (Å²) in [4.78, 5) is 65.9. The standard InChI is InChI=1S/C36H48N6O7/c1-7-21-18-36(21,33(45)37-5)41-30(43)27-17-23-19-42(27)32(44)29(35(2,3)4)40-34(46)49-28-15-20(28)11-9-8-10-12-25-31(48-23)39-26-16-22(47-6)13-14-24(26)38-25/h7,13-14,16,20-21,23,27-29H,1,8-12,15,17-19H2,2-6H3,(H,37,45)(H,40,46)(H,41,43)/t20-,21-,23-,27+,28-,29-,36-/m1/s1. The highest BCUT2D eigenvalue weighted by Gasteiger charge is 2.60. The van der Waals surface area contributed by atoms with Gasteiger partial charge in [0.15, 0.2) is 0 Å². The van der Waals surface area contributed by atoms with E-state index in [1.54, 1.807) is 19.3 Å². The summed E-state index contributed by atoms with van der Waals surface area (Å²) in [5.74, 6) is -0.204. The second-order valence-corrected chi connectivity index (χ2v) is 14.9. The van der Waals surface area contributed by atoms with Gasteiger partial charge in [-0.25, -0.2) is 14.8 Å². The number of likely N-dealkylation sites (N-methyl/N-ethyl adjacent to an activating group) is 1. The van der Waals surface area contributed by atoms with Gasteiger partial charge in [-0.15, -0.1) is 6.58 Å². The molecule has 1 aromatic heterocycles. The first-order valence-electron chi connectivity index (χ1n) is 17.3. The molecule has 1 aromatic carbocycles. The van der Waals surface area contributed by atoms with Crippen molar-refractivity contribution >= 4 is 34.8 Å². The number of fused-ring (bicyclic) bond motifs is 5. The Morgan fingerprint density at radius 1 is 1.12 bits per heavy atom. The molecule has 7 atom stereocenters. The first-order chi connectivity index (χ1) is 23.4. The maximum Gasteiger partial charge on any atom is 0.408 e. The topological polar surface area (TPSA) is 161 Å². The molecule has 0 spiro atoms. The van der Waals surface area contributed by atoms with E-state index in [0.29, 0.717) is 47.1 Å². The quantitative estimate of drug-likeness (QED) is 0.403. The van der Waals surface area contributed by atoms with Crippen molar-refractivity contribution in [2.24, 2.45) is 17.3 Å². The van der Waals surface area contributed by atoms with Crippen molar-refractivity contribution in [3.05, 3.63) is 36.5 Å². The maximum atomic E-state index is 14.5. The number of nitrogens with one attached hydrogen (secondary N) is 3. The molecule has 3 N–H and O–H groups in total. The van der Waals surface area contributed by atoms with E-state index in [2.05, 4.69) is 22.5 Å². The summed E-state index contributed by atoms with van der Waals surface area (Å²) in [5, 5.41) is 8.41. The lowest BCUT2D eigenvalue weighted by atomic mass is 9.85. The highest BCUT2D eigenvalue weighted by molar-refractivity contribution is 5.98. The van der Waals surface area contributed by atoms with Crippen LogP contribution in [-0.2, 0) is 25.5 Å². The summed E-state index contributed by atoms with van der Waals surface area (Å²) in [7, 11) is 3.11. The smallest absolute Gasteiger partial charge is 0.408 e. The first kappa shape index (κ1) is 34.4. The van der Waals surface area contributed by atoms with Crippen molar-refractivity contribution in [1.29, 1.82) is 0 Å². The first-order valence-corrected chi connectivity index (χ1v) is 17.3. The summed E-state index contributed by atoms with van der Waals surface area (Å²) in [6, 6.07) is 3.53. The summed E-state index contributed by atoms with van der Waals surface area (Å²) in [6.45, 7) is 9.44. The lowest BCUT2D eigenvalue weighted by Gasteiger charge is -2.35. The molecular formula is C36H48N6O7. The molecule has 6 rings (SSSR count). The minimum Gasteiger partial charge on any atom is -0.497 e. The number of ether oxygens (including phenoxy) is 3. The van der Waals surface area contributed by atoms with E-state index in [1.165, 1.54) is 11.9 Å². The number of methoxy groups -OCH3 is 1. The molecule has 13 nitrogen and oxygen atoms in total. The second-order valence-electron chi connectivity index (χ2n) is 14.9. The van der Waals surface area contributed by atoms with Crippen LogP contribution in [0.2, 0.25) is 0 Å². The molecule has 264 valence electrons. The van der Waals surface area contributed by atoms with E-state index in [-0.39, 0.29) is 30.9 Å². The zero-order valence-electron chi connectivity index (χ0n) is 29.0. The molecule has 2 aromatic rings. The number of rotatable bonds is 5. The van der Waals surface area contributed by atoms with Crippen LogP contribution in [0.3, 0.4) is 0 Å². The monoisotopic (exact) mass is 676 g/mol. The molecule has 3 fully saturated rings. The number of hydrogen-bond donors (Lipinski definition) is 3. The highest BCUT2D eigenvalue weighted by Crippen LogP contribution is 2.45. The van der Waals surface area contributed by atoms with Gasteiger partial charge in [-0.3, -0.25) is 14.4 Å². The average Bonchev–Trinajstić information content (AvgIpc) is 3.94. The number of aromatic nitrogens is 2. The summed E-state index contributed by atoms with van der Waals surface area (Å²) < 4.78 is 17.7. The molecule has 0 radical (unpaired) electrons. The molecular weight excluding hydrogens is 628 g/mol. The summed E-state index contributed by atoms with van der Waals surface area (Å²) >= 11 is 0. The SMILES string of the molecule is C=C[C@@H]1C[C@]1(NC(=O)[C@@H]1C[C@@H]2CN1C(=O)[C@H](C(C)(C)C)NC(=O)O[C@@H]1C[C@H]1CCCCCc1nc3ccc(OC)cc3nc1O2)C(=O)NC. The molecule has 2 bridgehead atoms. The van der Waals surface area contributed by atoms with Crippen LogP contribution in [0.1, 0.15) is 71.4 Å². The van der Waals surface area contributed by atoms with Crippen LogP contribution in [0.4, 0.5) is 4.79 Å². The maximum absolute atomic E-state index is 14.5. The van der Waals surface area contributed by atoms with Crippen molar-refractivity contribution < 1.29 is 33.4 Å². The number of carbonyl (C=O) groups excluding carboxylic acids is 4. The van der Waals surface area contributed by atoms with Crippen LogP contribution in [0.15, 0.2) is 30.9 Å². The fraction of sp³-hybridized carbons (Fsp3) is 0.611. The number of benzene rings is 1. The summed E-state index contributed by atoms with van der Waals surface area (Å²) in [5.41, 5.74) is 0.169. The molecule has 4 aliphatic rings. The van der Waals surface area contributed by atoms with Gasteiger partial charge in [0.25, 0.3) is 0 Å². The number of carbonyl (C=O) groups is 4. The van der Waals surface area contributed by atoms with Crippen molar-refractivity contribution in [3.63, 3.8) is 0 Å².